The Balaban J connectivity index is 2.04. The first-order chi connectivity index (χ1) is 9.24. The maximum atomic E-state index is 5.99. The first-order valence-electron chi connectivity index (χ1n) is 5.89. The summed E-state index contributed by atoms with van der Waals surface area (Å²) in [5.74, 6) is 0. The zero-order chi connectivity index (χ0) is 13.2. The van der Waals surface area contributed by atoms with Gasteiger partial charge in [0.05, 0.1) is 17.6 Å². The number of nitrogen functional groups attached to an aromatic ring is 1. The van der Waals surface area contributed by atoms with Gasteiger partial charge in [-0.1, -0.05) is 46.3 Å². The summed E-state index contributed by atoms with van der Waals surface area (Å²) in [5, 5.41) is 4.38. The highest BCUT2D eigenvalue weighted by Gasteiger charge is 2.06. The summed E-state index contributed by atoms with van der Waals surface area (Å²) in [6.07, 6.45) is 3.82. The summed E-state index contributed by atoms with van der Waals surface area (Å²) < 4.78 is 2.77. The Morgan fingerprint density at radius 1 is 1.00 bits per heavy atom. The third-order valence-electron chi connectivity index (χ3n) is 2.93. The second-order valence-corrected chi connectivity index (χ2v) is 5.16. The van der Waals surface area contributed by atoms with Gasteiger partial charge in [0, 0.05) is 16.2 Å². The first kappa shape index (κ1) is 12.0. The molecule has 1 aromatic heterocycles. The van der Waals surface area contributed by atoms with E-state index in [4.69, 9.17) is 5.73 Å². The normalized spacial score (nSPS) is 10.6. The molecule has 0 fully saturated rings. The number of anilines is 1. The Hall–Kier alpha value is -2.07. The maximum Gasteiger partial charge on any atom is 0.0886 e. The van der Waals surface area contributed by atoms with Gasteiger partial charge in [-0.2, -0.15) is 5.10 Å². The molecule has 4 heteroatoms. The number of hydrogen-bond donors (Lipinski definition) is 1. The summed E-state index contributed by atoms with van der Waals surface area (Å²) in [5.41, 5.74) is 9.77. The summed E-state index contributed by atoms with van der Waals surface area (Å²) in [4.78, 5) is 0. The lowest BCUT2D eigenvalue weighted by molar-refractivity contribution is 0.882. The van der Waals surface area contributed by atoms with Crippen LogP contribution < -0.4 is 5.73 Å². The summed E-state index contributed by atoms with van der Waals surface area (Å²) >= 11 is 3.45. The molecule has 2 aromatic carbocycles. The molecule has 3 nitrogen and oxygen atoms in total. The molecule has 1 heterocycles. The average molecular weight is 314 g/mol. The highest BCUT2D eigenvalue weighted by molar-refractivity contribution is 9.10. The van der Waals surface area contributed by atoms with Crippen molar-refractivity contribution in [1.29, 1.82) is 0 Å². The SMILES string of the molecule is Nc1ccc(Br)cc1-n1cc(-c2ccccc2)cn1. The number of hydrogen-bond acceptors (Lipinski definition) is 2. The van der Waals surface area contributed by atoms with Gasteiger partial charge >= 0.3 is 0 Å². The molecule has 0 aliphatic heterocycles. The minimum atomic E-state index is 0.700. The van der Waals surface area contributed by atoms with Gasteiger partial charge in [-0.25, -0.2) is 4.68 Å². The number of benzene rings is 2. The van der Waals surface area contributed by atoms with Gasteiger partial charge in [0.1, 0.15) is 0 Å². The first-order valence-corrected chi connectivity index (χ1v) is 6.69. The molecule has 0 aliphatic rings. The van der Waals surface area contributed by atoms with Crippen molar-refractivity contribution in [2.24, 2.45) is 0 Å². The number of halogens is 1. The van der Waals surface area contributed by atoms with E-state index in [0.717, 1.165) is 21.3 Å². The minimum Gasteiger partial charge on any atom is -0.397 e. The molecule has 2 N–H and O–H groups in total. The summed E-state index contributed by atoms with van der Waals surface area (Å²) in [6.45, 7) is 0. The predicted molar refractivity (Wildman–Crippen MR) is 81.1 cm³/mol. The maximum absolute atomic E-state index is 5.99. The lowest BCUT2D eigenvalue weighted by Gasteiger charge is -2.05. The molecule has 0 amide bonds. The van der Waals surface area contributed by atoms with E-state index < -0.39 is 0 Å². The van der Waals surface area contributed by atoms with E-state index in [0.29, 0.717) is 5.69 Å². The van der Waals surface area contributed by atoms with Crippen molar-refractivity contribution in [3.63, 3.8) is 0 Å². The zero-order valence-corrected chi connectivity index (χ0v) is 11.7. The van der Waals surface area contributed by atoms with E-state index in [9.17, 15) is 0 Å². The van der Waals surface area contributed by atoms with Crippen molar-refractivity contribution in [2.45, 2.75) is 0 Å². The van der Waals surface area contributed by atoms with Crippen molar-refractivity contribution in [1.82, 2.24) is 9.78 Å². The number of aromatic nitrogens is 2. The third-order valence-corrected chi connectivity index (χ3v) is 3.42. The number of nitrogens with zero attached hydrogens (tertiary/aromatic N) is 2. The Kier molecular flexibility index (Phi) is 3.09. The van der Waals surface area contributed by atoms with Gasteiger partial charge < -0.3 is 5.73 Å². The van der Waals surface area contributed by atoms with Crippen LogP contribution in [0.25, 0.3) is 16.8 Å². The molecule has 0 bridgehead atoms. The van der Waals surface area contributed by atoms with Crippen LogP contribution in [0.2, 0.25) is 0 Å². The van der Waals surface area contributed by atoms with Crippen molar-refractivity contribution >= 4 is 21.6 Å². The van der Waals surface area contributed by atoms with Crippen molar-refractivity contribution in [3.8, 4) is 16.8 Å². The second-order valence-electron chi connectivity index (χ2n) is 4.24. The molecule has 0 spiro atoms. The largest absolute Gasteiger partial charge is 0.397 e. The van der Waals surface area contributed by atoms with Crippen LogP contribution >= 0.6 is 15.9 Å². The Labute approximate surface area is 119 Å². The minimum absolute atomic E-state index is 0.700. The van der Waals surface area contributed by atoms with Crippen LogP contribution in [0, 0.1) is 0 Å². The van der Waals surface area contributed by atoms with Crippen LogP contribution in [-0.4, -0.2) is 9.78 Å². The summed E-state index contributed by atoms with van der Waals surface area (Å²) in [7, 11) is 0. The Morgan fingerprint density at radius 3 is 2.58 bits per heavy atom. The molecule has 0 saturated heterocycles. The van der Waals surface area contributed by atoms with Crippen LogP contribution in [-0.2, 0) is 0 Å². The van der Waals surface area contributed by atoms with Crippen LogP contribution in [0.15, 0.2) is 65.4 Å². The molecular weight excluding hydrogens is 302 g/mol. The van der Waals surface area contributed by atoms with Crippen molar-refractivity contribution in [3.05, 3.63) is 65.4 Å². The van der Waals surface area contributed by atoms with Crippen molar-refractivity contribution in [2.75, 3.05) is 5.73 Å². The van der Waals surface area contributed by atoms with Gasteiger partial charge in [-0.15, -0.1) is 0 Å². The fraction of sp³-hybridized carbons (Fsp3) is 0. The van der Waals surface area contributed by atoms with E-state index in [1.807, 2.05) is 48.8 Å². The van der Waals surface area contributed by atoms with Gasteiger partial charge in [0.2, 0.25) is 0 Å². The van der Waals surface area contributed by atoms with E-state index >= 15 is 0 Å². The lowest BCUT2D eigenvalue weighted by Crippen LogP contribution is -1.99. The molecule has 0 atom stereocenters. The molecule has 3 aromatic rings. The zero-order valence-electron chi connectivity index (χ0n) is 10.1. The van der Waals surface area contributed by atoms with E-state index in [1.165, 1.54) is 0 Å². The predicted octanol–water partition coefficient (Wildman–Crippen LogP) is 3.88. The Bertz CT molecular complexity index is 704. The molecule has 0 aliphatic carbocycles. The van der Waals surface area contributed by atoms with Gasteiger partial charge in [-0.05, 0) is 23.8 Å². The van der Waals surface area contributed by atoms with Gasteiger partial charge in [-0.3, -0.25) is 0 Å². The fourth-order valence-electron chi connectivity index (χ4n) is 1.95. The fourth-order valence-corrected chi connectivity index (χ4v) is 2.30. The molecule has 94 valence electrons. The van der Waals surface area contributed by atoms with E-state index in [-0.39, 0.29) is 0 Å². The molecule has 0 unspecified atom stereocenters. The van der Waals surface area contributed by atoms with Gasteiger partial charge in [0.25, 0.3) is 0 Å². The average Bonchev–Trinajstić information content (AvgIpc) is 2.92. The highest BCUT2D eigenvalue weighted by Crippen LogP contribution is 2.24. The quantitative estimate of drug-likeness (QED) is 0.729. The number of nitrogens with two attached hydrogens (primary N) is 1. The Morgan fingerprint density at radius 2 is 1.79 bits per heavy atom. The number of rotatable bonds is 2. The topological polar surface area (TPSA) is 43.8 Å². The molecule has 19 heavy (non-hydrogen) atoms. The third kappa shape index (κ3) is 2.39. The summed E-state index contributed by atoms with van der Waals surface area (Å²) in [6, 6.07) is 15.9. The van der Waals surface area contributed by atoms with Gasteiger partial charge in [0.15, 0.2) is 0 Å². The van der Waals surface area contributed by atoms with Crippen LogP contribution in [0.1, 0.15) is 0 Å². The molecular formula is C15H12BrN3. The van der Waals surface area contributed by atoms with Crippen LogP contribution in [0.5, 0.6) is 0 Å². The lowest BCUT2D eigenvalue weighted by atomic mass is 10.1. The standard InChI is InChI=1S/C15H12BrN3/c16-13-6-7-14(17)15(8-13)19-10-12(9-18-19)11-4-2-1-3-5-11/h1-10H,17H2. The van der Waals surface area contributed by atoms with Crippen molar-refractivity contribution < 1.29 is 0 Å². The molecule has 0 saturated carbocycles. The second kappa shape index (κ2) is 4.90. The molecule has 0 radical (unpaired) electrons. The van der Waals surface area contributed by atoms with E-state index in [1.54, 1.807) is 4.68 Å². The smallest absolute Gasteiger partial charge is 0.0886 e. The van der Waals surface area contributed by atoms with Crippen LogP contribution in [0.4, 0.5) is 5.69 Å². The van der Waals surface area contributed by atoms with E-state index in [2.05, 4.69) is 33.2 Å². The highest BCUT2D eigenvalue weighted by atomic mass is 79.9. The van der Waals surface area contributed by atoms with Crippen LogP contribution in [0.3, 0.4) is 0 Å². The molecule has 3 rings (SSSR count). The monoisotopic (exact) mass is 313 g/mol.